The fraction of sp³-hybridized carbons (Fsp3) is 0. The second-order valence-electron chi connectivity index (χ2n) is 3.88. The van der Waals surface area contributed by atoms with Gasteiger partial charge in [0.1, 0.15) is 5.82 Å². The summed E-state index contributed by atoms with van der Waals surface area (Å²) in [4.78, 5) is 32.8. The van der Waals surface area contributed by atoms with Crippen molar-refractivity contribution in [2.24, 2.45) is 0 Å². The Morgan fingerprint density at radius 3 is 2.62 bits per heavy atom. The van der Waals surface area contributed by atoms with Crippen molar-refractivity contribution in [3.63, 3.8) is 0 Å². The van der Waals surface area contributed by atoms with E-state index in [1.54, 1.807) is 0 Å². The Hall–Kier alpha value is -2.81. The van der Waals surface area contributed by atoms with Crippen LogP contribution in [0.25, 0.3) is 0 Å². The van der Waals surface area contributed by atoms with Gasteiger partial charge in [-0.25, -0.2) is 9.18 Å². The summed E-state index contributed by atoms with van der Waals surface area (Å²) in [7, 11) is 0. The molecule has 2 rings (SSSR count). The van der Waals surface area contributed by atoms with E-state index in [-0.39, 0.29) is 16.3 Å². The SMILES string of the molecule is O=C(Nc1ccc(F)cc1C(=O)O)c1csc([N+](=O)[O-])c1. The molecule has 1 aromatic heterocycles. The van der Waals surface area contributed by atoms with E-state index in [4.69, 9.17) is 5.11 Å². The van der Waals surface area contributed by atoms with Crippen molar-refractivity contribution >= 4 is 33.9 Å². The zero-order chi connectivity index (χ0) is 15.6. The van der Waals surface area contributed by atoms with Crippen LogP contribution in [0.3, 0.4) is 0 Å². The van der Waals surface area contributed by atoms with Crippen molar-refractivity contribution in [3.8, 4) is 0 Å². The molecule has 0 spiro atoms. The van der Waals surface area contributed by atoms with E-state index >= 15 is 0 Å². The molecule has 9 heteroatoms. The summed E-state index contributed by atoms with van der Waals surface area (Å²) in [6.45, 7) is 0. The molecular formula is C12H7FN2O5S. The van der Waals surface area contributed by atoms with E-state index in [2.05, 4.69) is 5.32 Å². The average molecular weight is 310 g/mol. The van der Waals surface area contributed by atoms with Crippen molar-refractivity contribution < 1.29 is 24.0 Å². The minimum absolute atomic E-state index is 0.0207. The van der Waals surface area contributed by atoms with E-state index in [1.165, 1.54) is 5.38 Å². The predicted octanol–water partition coefficient (Wildman–Crippen LogP) is 2.75. The van der Waals surface area contributed by atoms with Crippen LogP contribution in [0.2, 0.25) is 0 Å². The van der Waals surface area contributed by atoms with Gasteiger partial charge in [0.05, 0.1) is 21.7 Å². The molecule has 0 bridgehead atoms. The highest BCUT2D eigenvalue weighted by molar-refractivity contribution is 7.13. The first-order valence-electron chi connectivity index (χ1n) is 5.45. The second kappa shape index (κ2) is 5.67. The number of carboxylic acid groups (broad SMARTS) is 1. The van der Waals surface area contributed by atoms with E-state index in [9.17, 15) is 24.1 Å². The first-order valence-corrected chi connectivity index (χ1v) is 6.33. The van der Waals surface area contributed by atoms with E-state index in [1.807, 2.05) is 0 Å². The highest BCUT2D eigenvalue weighted by atomic mass is 32.1. The third-order valence-electron chi connectivity index (χ3n) is 2.49. The Bertz CT molecular complexity index is 743. The molecule has 0 fully saturated rings. The van der Waals surface area contributed by atoms with Crippen LogP contribution in [0, 0.1) is 15.9 Å². The van der Waals surface area contributed by atoms with Gasteiger partial charge in [0.15, 0.2) is 0 Å². The van der Waals surface area contributed by atoms with Gasteiger partial charge in [-0.1, -0.05) is 11.3 Å². The smallest absolute Gasteiger partial charge is 0.337 e. The van der Waals surface area contributed by atoms with Crippen molar-refractivity contribution in [1.82, 2.24) is 0 Å². The zero-order valence-corrected chi connectivity index (χ0v) is 11.0. The molecule has 1 aromatic carbocycles. The molecule has 2 N–H and O–H groups in total. The summed E-state index contributed by atoms with van der Waals surface area (Å²) in [6, 6.07) is 3.95. The van der Waals surface area contributed by atoms with Gasteiger partial charge in [-0.05, 0) is 18.2 Å². The van der Waals surface area contributed by atoms with Crippen LogP contribution in [0.1, 0.15) is 20.7 Å². The lowest BCUT2D eigenvalue weighted by Gasteiger charge is -2.07. The lowest BCUT2D eigenvalue weighted by Crippen LogP contribution is -2.14. The van der Waals surface area contributed by atoms with Crippen LogP contribution >= 0.6 is 11.3 Å². The standard InChI is InChI=1S/C12H7FN2O5S/c13-7-1-2-9(8(4-7)12(17)18)14-11(16)6-3-10(15(19)20)21-5-6/h1-5H,(H,14,16)(H,17,18). The Balaban J connectivity index is 2.27. The van der Waals surface area contributed by atoms with Crippen molar-refractivity contribution in [2.75, 3.05) is 5.32 Å². The van der Waals surface area contributed by atoms with E-state index < -0.39 is 28.2 Å². The van der Waals surface area contributed by atoms with Gasteiger partial charge < -0.3 is 10.4 Å². The molecule has 21 heavy (non-hydrogen) atoms. The van der Waals surface area contributed by atoms with E-state index in [0.29, 0.717) is 0 Å². The van der Waals surface area contributed by atoms with Crippen LogP contribution in [0.15, 0.2) is 29.6 Å². The number of nitrogens with zero attached hydrogens (tertiary/aromatic N) is 1. The van der Waals surface area contributed by atoms with Gasteiger partial charge in [0.2, 0.25) is 0 Å². The van der Waals surface area contributed by atoms with Crippen LogP contribution in [-0.2, 0) is 0 Å². The summed E-state index contributed by atoms with van der Waals surface area (Å²) in [6.07, 6.45) is 0. The Morgan fingerprint density at radius 1 is 1.33 bits per heavy atom. The molecule has 0 aliphatic heterocycles. The number of nitro groups is 1. The van der Waals surface area contributed by atoms with Crippen LogP contribution in [-0.4, -0.2) is 21.9 Å². The van der Waals surface area contributed by atoms with Gasteiger partial charge in [-0.15, -0.1) is 0 Å². The lowest BCUT2D eigenvalue weighted by atomic mass is 10.1. The summed E-state index contributed by atoms with van der Waals surface area (Å²) >= 11 is 0.773. The van der Waals surface area contributed by atoms with Crippen LogP contribution in [0.5, 0.6) is 0 Å². The lowest BCUT2D eigenvalue weighted by molar-refractivity contribution is -0.380. The maximum absolute atomic E-state index is 13.0. The average Bonchev–Trinajstić information content (AvgIpc) is 2.90. The molecule has 0 saturated carbocycles. The number of anilines is 1. The first-order chi connectivity index (χ1) is 9.88. The Morgan fingerprint density at radius 2 is 2.05 bits per heavy atom. The second-order valence-corrected chi connectivity index (χ2v) is 4.77. The first kappa shape index (κ1) is 14.6. The Labute approximate surface area is 120 Å². The molecule has 1 heterocycles. The predicted molar refractivity (Wildman–Crippen MR) is 72.3 cm³/mol. The molecule has 1 amide bonds. The molecule has 7 nitrogen and oxygen atoms in total. The van der Waals surface area contributed by atoms with E-state index in [0.717, 1.165) is 35.6 Å². The highest BCUT2D eigenvalue weighted by Gasteiger charge is 2.18. The van der Waals surface area contributed by atoms with Gasteiger partial charge in [-0.2, -0.15) is 0 Å². The molecule has 0 atom stereocenters. The largest absolute Gasteiger partial charge is 0.478 e. The minimum atomic E-state index is -1.40. The zero-order valence-electron chi connectivity index (χ0n) is 10.2. The number of carbonyl (C=O) groups excluding carboxylic acids is 1. The maximum Gasteiger partial charge on any atom is 0.337 e. The maximum atomic E-state index is 13.0. The fourth-order valence-corrected chi connectivity index (χ4v) is 2.24. The summed E-state index contributed by atoms with van der Waals surface area (Å²) in [5, 5.41) is 22.8. The monoisotopic (exact) mass is 310 g/mol. The molecule has 0 radical (unpaired) electrons. The molecule has 0 aliphatic carbocycles. The van der Waals surface area contributed by atoms with Gasteiger partial charge in [0.25, 0.3) is 5.91 Å². The third-order valence-corrected chi connectivity index (χ3v) is 3.37. The number of carbonyl (C=O) groups is 2. The number of rotatable bonds is 4. The molecular weight excluding hydrogens is 303 g/mol. The molecule has 2 aromatic rings. The number of aromatic carboxylic acids is 1. The number of thiophene rings is 1. The quantitative estimate of drug-likeness (QED) is 0.666. The molecule has 108 valence electrons. The summed E-state index contributed by atoms with van der Waals surface area (Å²) < 4.78 is 13.0. The van der Waals surface area contributed by atoms with Crippen LogP contribution < -0.4 is 5.32 Å². The molecule has 0 unspecified atom stereocenters. The van der Waals surface area contributed by atoms with Crippen molar-refractivity contribution in [3.05, 3.63) is 56.7 Å². The number of amides is 1. The highest BCUT2D eigenvalue weighted by Crippen LogP contribution is 2.24. The summed E-state index contributed by atoms with van der Waals surface area (Å²) in [5.74, 6) is -2.87. The number of nitrogens with one attached hydrogen (secondary N) is 1. The molecule has 0 saturated heterocycles. The number of halogens is 1. The number of benzene rings is 1. The molecule has 0 aliphatic rings. The van der Waals surface area contributed by atoms with Gasteiger partial charge >= 0.3 is 11.0 Å². The van der Waals surface area contributed by atoms with Crippen LogP contribution in [0.4, 0.5) is 15.1 Å². The topological polar surface area (TPSA) is 110 Å². The number of hydrogen-bond donors (Lipinski definition) is 2. The van der Waals surface area contributed by atoms with Crippen molar-refractivity contribution in [2.45, 2.75) is 0 Å². The minimum Gasteiger partial charge on any atom is -0.478 e. The fourth-order valence-electron chi connectivity index (χ4n) is 1.54. The number of hydrogen-bond acceptors (Lipinski definition) is 5. The van der Waals surface area contributed by atoms with Crippen molar-refractivity contribution in [1.29, 1.82) is 0 Å². The summed E-state index contributed by atoms with van der Waals surface area (Å²) in [5.41, 5.74) is -0.483. The number of carboxylic acids is 1. The normalized spacial score (nSPS) is 10.1. The third kappa shape index (κ3) is 3.20. The Kier molecular flexibility index (Phi) is 3.94. The van der Waals surface area contributed by atoms with Gasteiger partial charge in [0, 0.05) is 11.4 Å². The van der Waals surface area contributed by atoms with Gasteiger partial charge in [-0.3, -0.25) is 14.9 Å².